The molecule has 0 atom stereocenters. The number of non-ortho nitro benzene ring substituents is 1. The minimum atomic E-state index is -0.671. The summed E-state index contributed by atoms with van der Waals surface area (Å²) >= 11 is 0. The highest BCUT2D eigenvalue weighted by Gasteiger charge is 2.22. The first-order valence-electron chi connectivity index (χ1n) is 5.88. The van der Waals surface area contributed by atoms with Crippen LogP contribution < -0.4 is 4.74 Å². The van der Waals surface area contributed by atoms with E-state index in [1.165, 1.54) is 26.3 Å². The van der Waals surface area contributed by atoms with E-state index in [9.17, 15) is 20.2 Å². The summed E-state index contributed by atoms with van der Waals surface area (Å²) in [5.41, 5.74) is 0.343. The minimum Gasteiger partial charge on any atom is -0.497 e. The molecule has 1 aromatic carbocycles. The van der Waals surface area contributed by atoms with Gasteiger partial charge in [-0.2, -0.15) is 0 Å². The van der Waals surface area contributed by atoms with Crippen molar-refractivity contribution in [2.24, 2.45) is 0 Å². The highest BCUT2D eigenvalue weighted by atomic mass is 16.6. The number of methoxy groups -OCH3 is 1. The molecule has 0 spiro atoms. The van der Waals surface area contributed by atoms with Crippen LogP contribution in [0.4, 0.5) is 11.4 Å². The Kier molecular flexibility index (Phi) is 3.79. The Morgan fingerprint density at radius 2 is 1.86 bits per heavy atom. The Hall–Kier alpha value is -3.03. The van der Waals surface area contributed by atoms with Gasteiger partial charge < -0.3 is 4.74 Å². The molecular formula is C13H11N3O5. The molecule has 0 radical (unpaired) electrons. The largest absolute Gasteiger partial charge is 0.497 e. The van der Waals surface area contributed by atoms with Crippen molar-refractivity contribution in [3.8, 4) is 17.0 Å². The minimum absolute atomic E-state index is 0.311. The molecule has 0 amide bonds. The number of hydrogen-bond acceptors (Lipinski definition) is 6. The highest BCUT2D eigenvalue weighted by Crippen LogP contribution is 2.34. The van der Waals surface area contributed by atoms with Crippen molar-refractivity contribution in [2.45, 2.75) is 6.92 Å². The molecule has 0 saturated heterocycles. The van der Waals surface area contributed by atoms with E-state index in [1.54, 1.807) is 12.1 Å². The van der Waals surface area contributed by atoms with Crippen LogP contribution >= 0.6 is 0 Å². The molecule has 2 aromatic rings. The maximum Gasteiger partial charge on any atom is 0.279 e. The SMILES string of the molecule is COc1ccnc(-c2cc([N+](=O)[O-])cc([N+](=O)[O-])c2C)c1. The molecule has 108 valence electrons. The summed E-state index contributed by atoms with van der Waals surface area (Å²) in [5, 5.41) is 22.0. The van der Waals surface area contributed by atoms with Crippen molar-refractivity contribution in [1.82, 2.24) is 4.98 Å². The van der Waals surface area contributed by atoms with Crippen LogP contribution in [0.15, 0.2) is 30.5 Å². The van der Waals surface area contributed by atoms with Crippen LogP contribution in [0, 0.1) is 27.2 Å². The van der Waals surface area contributed by atoms with E-state index in [2.05, 4.69) is 4.98 Å². The summed E-state index contributed by atoms with van der Waals surface area (Å²) < 4.78 is 5.06. The highest BCUT2D eigenvalue weighted by molar-refractivity contribution is 5.72. The lowest BCUT2D eigenvalue weighted by Gasteiger charge is -2.07. The topological polar surface area (TPSA) is 108 Å². The molecule has 0 aliphatic rings. The fourth-order valence-corrected chi connectivity index (χ4v) is 1.93. The first kappa shape index (κ1) is 14.4. The van der Waals surface area contributed by atoms with Gasteiger partial charge in [-0.05, 0) is 13.0 Å². The molecule has 0 fully saturated rings. The number of nitrogens with zero attached hydrogens (tertiary/aromatic N) is 3. The summed E-state index contributed by atoms with van der Waals surface area (Å²) in [6, 6.07) is 5.39. The Morgan fingerprint density at radius 3 is 2.43 bits per heavy atom. The second kappa shape index (κ2) is 5.53. The molecule has 1 aromatic heterocycles. The van der Waals surface area contributed by atoms with E-state index >= 15 is 0 Å². The number of nitro groups is 2. The molecule has 21 heavy (non-hydrogen) atoms. The maximum absolute atomic E-state index is 11.0. The van der Waals surface area contributed by atoms with Gasteiger partial charge in [0.2, 0.25) is 0 Å². The van der Waals surface area contributed by atoms with Crippen LogP contribution in [0.25, 0.3) is 11.3 Å². The van der Waals surface area contributed by atoms with Gasteiger partial charge in [-0.15, -0.1) is 0 Å². The first-order chi connectivity index (χ1) is 9.93. The number of pyridine rings is 1. The van der Waals surface area contributed by atoms with Gasteiger partial charge in [0.05, 0.1) is 28.7 Å². The molecular weight excluding hydrogens is 278 g/mol. The maximum atomic E-state index is 11.0. The molecule has 0 unspecified atom stereocenters. The van der Waals surface area contributed by atoms with Gasteiger partial charge in [0.15, 0.2) is 0 Å². The number of ether oxygens (including phenoxy) is 1. The van der Waals surface area contributed by atoms with E-state index in [-0.39, 0.29) is 11.4 Å². The summed E-state index contributed by atoms with van der Waals surface area (Å²) in [5.74, 6) is 0.508. The summed E-state index contributed by atoms with van der Waals surface area (Å²) in [4.78, 5) is 24.7. The monoisotopic (exact) mass is 289 g/mol. The van der Waals surface area contributed by atoms with Crippen LogP contribution in [0.1, 0.15) is 5.56 Å². The second-order valence-electron chi connectivity index (χ2n) is 4.23. The second-order valence-corrected chi connectivity index (χ2v) is 4.23. The van der Waals surface area contributed by atoms with Crippen molar-refractivity contribution in [1.29, 1.82) is 0 Å². The van der Waals surface area contributed by atoms with Crippen molar-refractivity contribution in [3.63, 3.8) is 0 Å². The first-order valence-corrected chi connectivity index (χ1v) is 5.88. The molecule has 8 heteroatoms. The van der Waals surface area contributed by atoms with Crippen molar-refractivity contribution >= 4 is 11.4 Å². The standard InChI is InChI=1S/C13H11N3O5/c1-8-11(12-7-10(21-2)3-4-14-12)5-9(15(17)18)6-13(8)16(19)20/h3-7H,1-2H3. The lowest BCUT2D eigenvalue weighted by Crippen LogP contribution is -1.98. The molecule has 0 N–H and O–H groups in total. The van der Waals surface area contributed by atoms with E-state index in [0.717, 1.165) is 6.07 Å². The quantitative estimate of drug-likeness (QED) is 0.632. The van der Waals surface area contributed by atoms with Crippen LogP contribution in [0.5, 0.6) is 5.75 Å². The van der Waals surface area contributed by atoms with Crippen molar-refractivity contribution in [2.75, 3.05) is 7.11 Å². The smallest absolute Gasteiger partial charge is 0.279 e. The summed E-state index contributed by atoms with van der Waals surface area (Å²) in [6.07, 6.45) is 1.47. The van der Waals surface area contributed by atoms with Crippen LogP contribution in [-0.4, -0.2) is 21.9 Å². The third-order valence-corrected chi connectivity index (χ3v) is 3.02. The van der Waals surface area contributed by atoms with Crippen molar-refractivity contribution < 1.29 is 14.6 Å². The normalized spacial score (nSPS) is 10.2. The molecule has 1 heterocycles. The molecule has 8 nitrogen and oxygen atoms in total. The van der Waals surface area contributed by atoms with Crippen LogP contribution in [0.2, 0.25) is 0 Å². The number of rotatable bonds is 4. The Morgan fingerprint density at radius 1 is 1.14 bits per heavy atom. The van der Waals surface area contributed by atoms with E-state index < -0.39 is 9.85 Å². The van der Waals surface area contributed by atoms with E-state index in [4.69, 9.17) is 4.74 Å². The lowest BCUT2D eigenvalue weighted by atomic mass is 10.0. The van der Waals surface area contributed by atoms with E-state index in [1.807, 2.05) is 0 Å². The molecule has 0 saturated carbocycles. The van der Waals surface area contributed by atoms with Gasteiger partial charge in [0.25, 0.3) is 11.4 Å². The van der Waals surface area contributed by atoms with Gasteiger partial charge in [-0.3, -0.25) is 25.2 Å². The fourth-order valence-electron chi connectivity index (χ4n) is 1.93. The third-order valence-electron chi connectivity index (χ3n) is 3.02. The van der Waals surface area contributed by atoms with Crippen LogP contribution in [0.3, 0.4) is 0 Å². The molecule has 0 aliphatic carbocycles. The Bertz CT molecular complexity index is 730. The average molecular weight is 289 g/mol. The lowest BCUT2D eigenvalue weighted by molar-refractivity contribution is -0.394. The molecule has 2 rings (SSSR count). The van der Waals surface area contributed by atoms with Gasteiger partial charge >= 0.3 is 0 Å². The third kappa shape index (κ3) is 2.78. The number of aromatic nitrogens is 1. The predicted molar refractivity (Wildman–Crippen MR) is 74.3 cm³/mol. The Labute approximate surface area is 119 Å². The van der Waals surface area contributed by atoms with Gasteiger partial charge in [0, 0.05) is 29.5 Å². The van der Waals surface area contributed by atoms with Crippen molar-refractivity contribution in [3.05, 3.63) is 56.3 Å². The Balaban J connectivity index is 2.71. The summed E-state index contributed by atoms with van der Waals surface area (Å²) in [6.45, 7) is 1.53. The van der Waals surface area contributed by atoms with E-state index in [0.29, 0.717) is 22.6 Å². The number of benzene rings is 1. The van der Waals surface area contributed by atoms with Crippen LogP contribution in [-0.2, 0) is 0 Å². The predicted octanol–water partition coefficient (Wildman–Crippen LogP) is 2.88. The van der Waals surface area contributed by atoms with Gasteiger partial charge in [-0.1, -0.05) is 0 Å². The fraction of sp³-hybridized carbons (Fsp3) is 0.154. The zero-order chi connectivity index (χ0) is 15.6. The van der Waals surface area contributed by atoms with Gasteiger partial charge in [-0.25, -0.2) is 0 Å². The average Bonchev–Trinajstić information content (AvgIpc) is 2.46. The zero-order valence-corrected chi connectivity index (χ0v) is 11.3. The zero-order valence-electron chi connectivity index (χ0n) is 11.3. The molecule has 0 aliphatic heterocycles. The molecule has 0 bridgehead atoms. The van der Waals surface area contributed by atoms with Gasteiger partial charge in [0.1, 0.15) is 5.75 Å². The summed E-state index contributed by atoms with van der Waals surface area (Å²) in [7, 11) is 1.47. The number of hydrogen-bond donors (Lipinski definition) is 0. The number of nitro benzene ring substituents is 2.